The van der Waals surface area contributed by atoms with Crippen LogP contribution < -0.4 is 25.8 Å². The lowest BCUT2D eigenvalue weighted by Gasteiger charge is -2.10. The van der Waals surface area contributed by atoms with Gasteiger partial charge in [0.15, 0.2) is 5.82 Å². The number of rotatable bonds is 8. The maximum atomic E-state index is 13.3. The third-order valence-corrected chi connectivity index (χ3v) is 5.10. The molecule has 1 aliphatic rings. The quantitative estimate of drug-likeness (QED) is 0.560. The summed E-state index contributed by atoms with van der Waals surface area (Å²) in [7, 11) is 3.05. The van der Waals surface area contributed by atoms with Crippen molar-refractivity contribution in [3.8, 4) is 22.9 Å². The first kappa shape index (κ1) is 21.4. The Bertz CT molecular complexity index is 1150. The third kappa shape index (κ3) is 4.74. The number of carbonyl (C=O) groups excluding carboxylic acids is 1. The predicted octanol–water partition coefficient (Wildman–Crippen LogP) is 3.02. The second-order valence-corrected chi connectivity index (χ2v) is 7.42. The Labute approximate surface area is 183 Å². The summed E-state index contributed by atoms with van der Waals surface area (Å²) in [4.78, 5) is 25.1. The van der Waals surface area contributed by atoms with Gasteiger partial charge < -0.3 is 20.1 Å². The number of benzene rings is 2. The number of amides is 2. The van der Waals surface area contributed by atoms with Gasteiger partial charge in [-0.25, -0.2) is 18.7 Å². The first-order valence-corrected chi connectivity index (χ1v) is 10.2. The van der Waals surface area contributed by atoms with Crippen molar-refractivity contribution < 1.29 is 18.7 Å². The van der Waals surface area contributed by atoms with E-state index in [0.29, 0.717) is 28.6 Å². The molecular formula is C22H24FN5O4. The van der Waals surface area contributed by atoms with Crippen LogP contribution in [-0.4, -0.2) is 41.1 Å². The van der Waals surface area contributed by atoms with Crippen LogP contribution in [0.4, 0.5) is 14.9 Å². The fourth-order valence-electron chi connectivity index (χ4n) is 3.35. The fraction of sp³-hybridized carbons (Fsp3) is 0.318. The number of nitrogens with zero attached hydrogens (tertiary/aromatic N) is 3. The average molecular weight is 441 g/mol. The molecule has 2 amide bonds. The number of halogens is 1. The van der Waals surface area contributed by atoms with Crippen LogP contribution in [0.5, 0.6) is 11.5 Å². The molecule has 1 fully saturated rings. The Kier molecular flexibility index (Phi) is 6.11. The summed E-state index contributed by atoms with van der Waals surface area (Å²) in [6.45, 7) is 0.388. The molecule has 32 heavy (non-hydrogen) atoms. The molecule has 0 radical (unpaired) electrons. The van der Waals surface area contributed by atoms with E-state index in [0.717, 1.165) is 12.8 Å². The highest BCUT2D eigenvalue weighted by Gasteiger charge is 2.30. The van der Waals surface area contributed by atoms with Crippen molar-refractivity contribution in [1.82, 2.24) is 19.7 Å². The number of ether oxygens (including phenoxy) is 2. The van der Waals surface area contributed by atoms with Gasteiger partial charge >= 0.3 is 11.7 Å². The van der Waals surface area contributed by atoms with E-state index >= 15 is 0 Å². The minimum atomic E-state index is -0.436. The van der Waals surface area contributed by atoms with Crippen molar-refractivity contribution in [1.29, 1.82) is 0 Å². The summed E-state index contributed by atoms with van der Waals surface area (Å²) < 4.78 is 26.6. The molecule has 1 saturated carbocycles. The van der Waals surface area contributed by atoms with Crippen molar-refractivity contribution in [2.75, 3.05) is 26.1 Å². The molecule has 0 bridgehead atoms. The highest BCUT2D eigenvalue weighted by Crippen LogP contribution is 2.36. The number of hydrogen-bond acceptors (Lipinski definition) is 5. The van der Waals surface area contributed by atoms with Gasteiger partial charge in [-0.05, 0) is 37.1 Å². The smallest absolute Gasteiger partial charge is 0.346 e. The zero-order valence-electron chi connectivity index (χ0n) is 17.8. The zero-order chi connectivity index (χ0) is 22.7. The standard InChI is InChI=1S/C22H24FN5O4/c1-31-18-11-16(12-19(13-18)32-2)25-21(29)24-9-10-27-22(30)28(17-7-8-17)20(26-27)14-3-5-15(23)6-4-14/h3-6,11-13,17H,7-10H2,1-2H3,(H2,24,25,29). The van der Waals surface area contributed by atoms with Crippen LogP contribution in [0.3, 0.4) is 0 Å². The van der Waals surface area contributed by atoms with Crippen LogP contribution in [0.15, 0.2) is 47.3 Å². The lowest BCUT2D eigenvalue weighted by atomic mass is 10.2. The number of nitrogens with one attached hydrogen (secondary N) is 2. The van der Waals surface area contributed by atoms with E-state index in [4.69, 9.17) is 9.47 Å². The molecule has 1 heterocycles. The molecule has 0 unspecified atom stereocenters. The van der Waals surface area contributed by atoms with E-state index in [9.17, 15) is 14.0 Å². The van der Waals surface area contributed by atoms with Gasteiger partial charge in [0, 0.05) is 42.0 Å². The molecule has 0 atom stereocenters. The van der Waals surface area contributed by atoms with Crippen molar-refractivity contribution >= 4 is 11.7 Å². The molecule has 2 aromatic carbocycles. The highest BCUT2D eigenvalue weighted by atomic mass is 19.1. The number of urea groups is 1. The van der Waals surface area contributed by atoms with E-state index < -0.39 is 6.03 Å². The number of carbonyl (C=O) groups is 1. The molecule has 0 aliphatic heterocycles. The van der Waals surface area contributed by atoms with Crippen LogP contribution in [-0.2, 0) is 6.54 Å². The van der Waals surface area contributed by atoms with Gasteiger partial charge in [0.2, 0.25) is 0 Å². The summed E-state index contributed by atoms with van der Waals surface area (Å²) in [5.74, 6) is 1.25. The van der Waals surface area contributed by atoms with Crippen molar-refractivity contribution in [2.45, 2.75) is 25.4 Å². The maximum Gasteiger partial charge on any atom is 0.346 e. The first-order valence-electron chi connectivity index (χ1n) is 10.2. The van der Waals surface area contributed by atoms with E-state index in [2.05, 4.69) is 15.7 Å². The molecule has 0 spiro atoms. The van der Waals surface area contributed by atoms with Gasteiger partial charge in [-0.3, -0.25) is 4.57 Å². The minimum absolute atomic E-state index is 0.107. The minimum Gasteiger partial charge on any atom is -0.497 e. The van der Waals surface area contributed by atoms with Gasteiger partial charge in [-0.15, -0.1) is 5.10 Å². The molecule has 10 heteroatoms. The van der Waals surface area contributed by atoms with Crippen LogP contribution in [0.25, 0.3) is 11.4 Å². The predicted molar refractivity (Wildman–Crippen MR) is 117 cm³/mol. The Hall–Kier alpha value is -3.82. The van der Waals surface area contributed by atoms with Crippen LogP contribution in [0, 0.1) is 5.82 Å². The average Bonchev–Trinajstić information content (AvgIpc) is 3.57. The first-order chi connectivity index (χ1) is 15.5. The second kappa shape index (κ2) is 9.13. The molecule has 4 rings (SSSR count). The van der Waals surface area contributed by atoms with Gasteiger partial charge in [0.1, 0.15) is 17.3 Å². The Morgan fingerprint density at radius 1 is 1.12 bits per heavy atom. The van der Waals surface area contributed by atoms with Gasteiger partial charge in [-0.1, -0.05) is 0 Å². The van der Waals surface area contributed by atoms with E-state index in [1.807, 2.05) is 0 Å². The highest BCUT2D eigenvalue weighted by molar-refractivity contribution is 5.89. The molecule has 168 valence electrons. The van der Waals surface area contributed by atoms with Crippen LogP contribution >= 0.6 is 0 Å². The third-order valence-electron chi connectivity index (χ3n) is 5.10. The summed E-state index contributed by atoms with van der Waals surface area (Å²) in [6, 6.07) is 10.6. The van der Waals surface area contributed by atoms with Gasteiger partial charge in [0.25, 0.3) is 0 Å². The van der Waals surface area contributed by atoms with Crippen LogP contribution in [0.1, 0.15) is 18.9 Å². The van der Waals surface area contributed by atoms with Gasteiger partial charge in [-0.2, -0.15) is 0 Å². The summed E-state index contributed by atoms with van der Waals surface area (Å²) in [5.41, 5.74) is 0.936. The second-order valence-electron chi connectivity index (χ2n) is 7.42. The van der Waals surface area contributed by atoms with E-state index in [1.165, 1.54) is 31.0 Å². The lowest BCUT2D eigenvalue weighted by Crippen LogP contribution is -2.34. The maximum absolute atomic E-state index is 13.3. The summed E-state index contributed by atoms with van der Waals surface area (Å²) >= 11 is 0. The molecular weight excluding hydrogens is 417 g/mol. The Morgan fingerprint density at radius 2 is 1.78 bits per heavy atom. The van der Waals surface area contributed by atoms with E-state index in [1.54, 1.807) is 34.9 Å². The monoisotopic (exact) mass is 441 g/mol. The normalized spacial score (nSPS) is 13.0. The summed E-state index contributed by atoms with van der Waals surface area (Å²) in [5, 5.41) is 9.86. The summed E-state index contributed by atoms with van der Waals surface area (Å²) in [6.07, 6.45) is 1.81. The van der Waals surface area contributed by atoms with Crippen molar-refractivity contribution in [3.63, 3.8) is 0 Å². The number of methoxy groups -OCH3 is 2. The van der Waals surface area contributed by atoms with E-state index in [-0.39, 0.29) is 30.6 Å². The number of hydrogen-bond donors (Lipinski definition) is 2. The lowest BCUT2D eigenvalue weighted by molar-refractivity contribution is 0.251. The van der Waals surface area contributed by atoms with Crippen LogP contribution in [0.2, 0.25) is 0 Å². The van der Waals surface area contributed by atoms with Gasteiger partial charge in [0.05, 0.1) is 20.8 Å². The molecule has 1 aromatic heterocycles. The molecule has 1 aliphatic carbocycles. The number of aromatic nitrogens is 3. The van der Waals surface area contributed by atoms with Crippen molar-refractivity contribution in [3.05, 3.63) is 58.8 Å². The molecule has 2 N–H and O–H groups in total. The fourth-order valence-corrected chi connectivity index (χ4v) is 3.35. The largest absolute Gasteiger partial charge is 0.497 e. The SMILES string of the molecule is COc1cc(NC(=O)NCCn2nc(-c3ccc(F)cc3)n(C3CC3)c2=O)cc(OC)c1. The zero-order valence-corrected chi connectivity index (χ0v) is 17.8. The molecule has 9 nitrogen and oxygen atoms in total. The Morgan fingerprint density at radius 3 is 2.38 bits per heavy atom. The molecule has 0 saturated heterocycles. The molecule has 3 aromatic rings. The number of anilines is 1. The van der Waals surface area contributed by atoms with Crippen molar-refractivity contribution in [2.24, 2.45) is 0 Å². The Balaban J connectivity index is 1.42. The topological polar surface area (TPSA) is 99.4 Å².